The zero-order valence-electron chi connectivity index (χ0n) is 13.2. The number of benzene rings is 1. The van der Waals surface area contributed by atoms with Crippen molar-refractivity contribution in [1.29, 1.82) is 0 Å². The summed E-state index contributed by atoms with van der Waals surface area (Å²) in [6, 6.07) is 7.12. The number of nitrogens with zero attached hydrogens (tertiary/aromatic N) is 2. The van der Waals surface area contributed by atoms with Gasteiger partial charge in [0.25, 0.3) is 5.56 Å². The van der Waals surface area contributed by atoms with Gasteiger partial charge in [0.1, 0.15) is 10.3 Å². The molecule has 0 spiro atoms. The Kier molecular flexibility index (Phi) is 3.35. The maximum absolute atomic E-state index is 12.6. The van der Waals surface area contributed by atoms with Gasteiger partial charge < -0.3 is 4.42 Å². The summed E-state index contributed by atoms with van der Waals surface area (Å²) < 4.78 is 7.46. The minimum absolute atomic E-state index is 0.0970. The molecule has 24 heavy (non-hydrogen) atoms. The maximum Gasteiger partial charge on any atom is 0.336 e. The largest absolute Gasteiger partial charge is 0.423 e. The van der Waals surface area contributed by atoms with Gasteiger partial charge in [0.15, 0.2) is 0 Å². The molecule has 0 amide bonds. The number of fused-ring (bicyclic) bond motifs is 2. The Balaban J connectivity index is 1.92. The van der Waals surface area contributed by atoms with Gasteiger partial charge in [0.2, 0.25) is 0 Å². The molecule has 4 rings (SSSR count). The van der Waals surface area contributed by atoms with E-state index in [2.05, 4.69) is 4.98 Å². The van der Waals surface area contributed by atoms with Crippen LogP contribution < -0.4 is 11.2 Å². The molecule has 0 saturated heterocycles. The highest BCUT2D eigenvalue weighted by Gasteiger charge is 2.11. The van der Waals surface area contributed by atoms with Crippen LogP contribution in [-0.4, -0.2) is 9.55 Å². The maximum atomic E-state index is 12.6. The molecule has 3 heterocycles. The van der Waals surface area contributed by atoms with E-state index < -0.39 is 5.63 Å². The van der Waals surface area contributed by atoms with Gasteiger partial charge >= 0.3 is 5.63 Å². The predicted molar refractivity (Wildman–Crippen MR) is 94.9 cm³/mol. The lowest BCUT2D eigenvalue weighted by Crippen LogP contribution is -2.21. The summed E-state index contributed by atoms with van der Waals surface area (Å²) >= 11 is 1.37. The molecule has 0 aliphatic heterocycles. The molecule has 0 aliphatic rings. The van der Waals surface area contributed by atoms with E-state index in [1.54, 1.807) is 0 Å². The van der Waals surface area contributed by atoms with Crippen LogP contribution in [0.25, 0.3) is 21.2 Å². The Hall–Kier alpha value is -2.73. The molecule has 0 saturated carbocycles. The standard InChI is InChI=1S/C18H14N2O3S/c1-10-5-13-12(7-16(21)23-15(13)6-11(10)2)8-20-9-19-14-3-4-24-17(14)18(20)22/h3-7,9H,8H2,1-2H3. The molecule has 0 bridgehead atoms. The van der Waals surface area contributed by atoms with Gasteiger partial charge in [-0.2, -0.15) is 0 Å². The number of aryl methyl sites for hydroxylation is 2. The van der Waals surface area contributed by atoms with E-state index in [0.29, 0.717) is 15.8 Å². The van der Waals surface area contributed by atoms with Crippen molar-refractivity contribution in [1.82, 2.24) is 9.55 Å². The topological polar surface area (TPSA) is 65.1 Å². The van der Waals surface area contributed by atoms with Gasteiger partial charge in [-0.15, -0.1) is 11.3 Å². The Morgan fingerprint density at radius 1 is 1.17 bits per heavy atom. The lowest BCUT2D eigenvalue weighted by atomic mass is 10.0. The Labute approximate surface area is 140 Å². The number of aromatic nitrogens is 2. The fourth-order valence-electron chi connectivity index (χ4n) is 2.79. The summed E-state index contributed by atoms with van der Waals surface area (Å²) in [5.41, 5.74) is 3.64. The Morgan fingerprint density at radius 3 is 2.79 bits per heavy atom. The third kappa shape index (κ3) is 2.35. The predicted octanol–water partition coefficient (Wildman–Crippen LogP) is 3.23. The molecule has 120 valence electrons. The van der Waals surface area contributed by atoms with Crippen molar-refractivity contribution < 1.29 is 4.42 Å². The van der Waals surface area contributed by atoms with Crippen LogP contribution in [-0.2, 0) is 6.54 Å². The van der Waals surface area contributed by atoms with Crippen LogP contribution in [0.2, 0.25) is 0 Å². The molecule has 4 aromatic rings. The van der Waals surface area contributed by atoms with Crippen molar-refractivity contribution in [3.63, 3.8) is 0 Å². The highest BCUT2D eigenvalue weighted by Crippen LogP contribution is 2.22. The molecule has 0 aliphatic carbocycles. The Morgan fingerprint density at radius 2 is 1.96 bits per heavy atom. The van der Waals surface area contributed by atoms with E-state index in [-0.39, 0.29) is 12.1 Å². The van der Waals surface area contributed by atoms with Crippen molar-refractivity contribution in [2.45, 2.75) is 20.4 Å². The molecule has 0 unspecified atom stereocenters. The van der Waals surface area contributed by atoms with E-state index in [4.69, 9.17) is 4.42 Å². The summed E-state index contributed by atoms with van der Waals surface area (Å²) in [7, 11) is 0. The molecular weight excluding hydrogens is 324 g/mol. The quantitative estimate of drug-likeness (QED) is 0.526. The van der Waals surface area contributed by atoms with E-state index in [0.717, 1.165) is 22.1 Å². The smallest absolute Gasteiger partial charge is 0.336 e. The highest BCUT2D eigenvalue weighted by atomic mass is 32.1. The minimum Gasteiger partial charge on any atom is -0.423 e. The third-order valence-corrected chi connectivity index (χ3v) is 5.11. The lowest BCUT2D eigenvalue weighted by Gasteiger charge is -2.09. The number of hydrogen-bond acceptors (Lipinski definition) is 5. The van der Waals surface area contributed by atoms with E-state index in [9.17, 15) is 9.59 Å². The van der Waals surface area contributed by atoms with Gasteiger partial charge in [-0.3, -0.25) is 9.36 Å². The van der Waals surface area contributed by atoms with Crippen molar-refractivity contribution >= 4 is 32.5 Å². The van der Waals surface area contributed by atoms with Crippen LogP contribution in [0.3, 0.4) is 0 Å². The Bertz CT molecular complexity index is 1200. The van der Waals surface area contributed by atoms with Gasteiger partial charge in [0.05, 0.1) is 18.4 Å². The number of hydrogen-bond donors (Lipinski definition) is 0. The molecular formula is C18H14N2O3S. The van der Waals surface area contributed by atoms with E-state index >= 15 is 0 Å². The zero-order chi connectivity index (χ0) is 16.8. The molecule has 3 aromatic heterocycles. The van der Waals surface area contributed by atoms with Crippen molar-refractivity contribution in [3.05, 3.63) is 73.4 Å². The van der Waals surface area contributed by atoms with Crippen LogP contribution in [0, 0.1) is 13.8 Å². The lowest BCUT2D eigenvalue weighted by molar-refractivity contribution is 0.557. The van der Waals surface area contributed by atoms with E-state index in [1.807, 2.05) is 37.4 Å². The monoisotopic (exact) mass is 338 g/mol. The van der Waals surface area contributed by atoms with Crippen LogP contribution in [0.1, 0.15) is 16.7 Å². The summed E-state index contributed by atoms with van der Waals surface area (Å²) in [5, 5.41) is 2.69. The first-order valence-electron chi connectivity index (χ1n) is 7.49. The zero-order valence-corrected chi connectivity index (χ0v) is 14.0. The molecule has 1 aromatic carbocycles. The molecule has 5 nitrogen and oxygen atoms in total. The summed E-state index contributed by atoms with van der Waals surface area (Å²) in [6.45, 7) is 4.26. The van der Waals surface area contributed by atoms with Gasteiger partial charge in [-0.25, -0.2) is 9.78 Å². The average molecular weight is 338 g/mol. The second-order valence-corrected chi connectivity index (χ2v) is 6.75. The van der Waals surface area contributed by atoms with Crippen LogP contribution in [0.15, 0.2) is 50.0 Å². The fraction of sp³-hybridized carbons (Fsp3) is 0.167. The van der Waals surface area contributed by atoms with Gasteiger partial charge in [-0.05, 0) is 54.1 Å². The number of thiophene rings is 1. The molecule has 0 N–H and O–H groups in total. The first-order valence-corrected chi connectivity index (χ1v) is 8.37. The number of rotatable bonds is 2. The summed E-state index contributed by atoms with van der Waals surface area (Å²) in [5.74, 6) is 0. The van der Waals surface area contributed by atoms with Crippen LogP contribution in [0.5, 0.6) is 0 Å². The van der Waals surface area contributed by atoms with Crippen molar-refractivity contribution in [2.24, 2.45) is 0 Å². The fourth-order valence-corrected chi connectivity index (χ4v) is 3.58. The average Bonchev–Trinajstić information content (AvgIpc) is 3.01. The summed E-state index contributed by atoms with van der Waals surface area (Å²) in [6.07, 6.45) is 1.53. The van der Waals surface area contributed by atoms with Crippen molar-refractivity contribution in [2.75, 3.05) is 0 Å². The third-order valence-electron chi connectivity index (χ3n) is 4.22. The first-order chi connectivity index (χ1) is 11.5. The van der Waals surface area contributed by atoms with Crippen LogP contribution in [0.4, 0.5) is 0 Å². The van der Waals surface area contributed by atoms with Crippen LogP contribution >= 0.6 is 11.3 Å². The molecule has 6 heteroatoms. The summed E-state index contributed by atoms with van der Waals surface area (Å²) in [4.78, 5) is 28.8. The highest BCUT2D eigenvalue weighted by molar-refractivity contribution is 7.17. The minimum atomic E-state index is -0.418. The van der Waals surface area contributed by atoms with Crippen molar-refractivity contribution in [3.8, 4) is 0 Å². The van der Waals surface area contributed by atoms with Gasteiger partial charge in [0, 0.05) is 11.5 Å². The SMILES string of the molecule is Cc1cc2oc(=O)cc(Cn3cnc4ccsc4c3=O)c2cc1C. The molecule has 0 fully saturated rings. The molecule has 0 atom stereocenters. The molecule has 0 radical (unpaired) electrons. The second-order valence-electron chi connectivity index (χ2n) is 5.84. The normalized spacial score (nSPS) is 11.4. The van der Waals surface area contributed by atoms with Gasteiger partial charge in [-0.1, -0.05) is 0 Å². The van der Waals surface area contributed by atoms with E-state index in [1.165, 1.54) is 28.3 Å². The second kappa shape index (κ2) is 5.42. The first kappa shape index (κ1) is 14.8.